The Hall–Kier alpha value is -2.59. The first-order valence-electron chi connectivity index (χ1n) is 6.42. The third-order valence-electron chi connectivity index (χ3n) is 3.95. The molecule has 0 radical (unpaired) electrons. The van der Waals surface area contributed by atoms with E-state index in [4.69, 9.17) is 5.26 Å². The highest BCUT2D eigenvalue weighted by molar-refractivity contribution is 5.98. The van der Waals surface area contributed by atoms with Crippen LogP contribution in [0.1, 0.15) is 11.1 Å². The third kappa shape index (κ3) is 1.34. The molecule has 0 saturated heterocycles. The maximum Gasteiger partial charge on any atom is 0.0998 e. The summed E-state index contributed by atoms with van der Waals surface area (Å²) in [6.07, 6.45) is 11.4. The monoisotopic (exact) mass is 241 g/mol. The summed E-state index contributed by atoms with van der Waals surface area (Å²) in [6, 6.07) is 10.8. The maximum atomic E-state index is 9.12. The van der Waals surface area contributed by atoms with Crippen LogP contribution in [0.2, 0.25) is 0 Å². The summed E-state index contributed by atoms with van der Waals surface area (Å²) in [5.41, 5.74) is 3.34. The molecule has 0 unspecified atom stereocenters. The molecule has 4 rings (SSSR count). The molecule has 1 nitrogen and oxygen atoms in total. The zero-order chi connectivity index (χ0) is 12.8. The second-order valence-electron chi connectivity index (χ2n) is 4.91. The number of nitrogens with zero attached hydrogens (tertiary/aromatic N) is 1. The third-order valence-corrected chi connectivity index (χ3v) is 3.95. The Balaban J connectivity index is 2.20. The zero-order valence-corrected chi connectivity index (χ0v) is 10.4. The topological polar surface area (TPSA) is 23.8 Å². The summed E-state index contributed by atoms with van der Waals surface area (Å²) < 4.78 is 0. The lowest BCUT2D eigenvalue weighted by Gasteiger charge is -2.10. The quantitative estimate of drug-likeness (QED) is 0.695. The highest BCUT2D eigenvalue weighted by Gasteiger charge is 2.11. The number of nitriles is 1. The molecule has 2 aromatic carbocycles. The average molecular weight is 241 g/mol. The molecular formula is C18H11N. The smallest absolute Gasteiger partial charge is 0.0998 e. The van der Waals surface area contributed by atoms with Crippen molar-refractivity contribution in [1.82, 2.24) is 0 Å². The number of fused-ring (bicyclic) bond motifs is 5. The van der Waals surface area contributed by atoms with Crippen molar-refractivity contribution >= 4 is 28.5 Å². The molecule has 19 heavy (non-hydrogen) atoms. The van der Waals surface area contributed by atoms with Crippen LogP contribution in [0.25, 0.3) is 28.5 Å². The van der Waals surface area contributed by atoms with Crippen molar-refractivity contribution in [3.63, 3.8) is 0 Å². The van der Waals surface area contributed by atoms with Gasteiger partial charge in [0, 0.05) is 5.22 Å². The summed E-state index contributed by atoms with van der Waals surface area (Å²) in [5.74, 6) is 0. The number of benzene rings is 2. The van der Waals surface area contributed by atoms with E-state index in [1.54, 1.807) is 0 Å². The molecule has 0 heterocycles. The van der Waals surface area contributed by atoms with Gasteiger partial charge in [0.05, 0.1) is 11.6 Å². The predicted molar refractivity (Wildman–Crippen MR) is 78.6 cm³/mol. The Morgan fingerprint density at radius 1 is 1.00 bits per heavy atom. The summed E-state index contributed by atoms with van der Waals surface area (Å²) in [4.78, 5) is 0. The Morgan fingerprint density at radius 2 is 1.89 bits per heavy atom. The highest BCUT2D eigenvalue weighted by atomic mass is 14.3. The first-order chi connectivity index (χ1) is 9.38. The van der Waals surface area contributed by atoms with Gasteiger partial charge < -0.3 is 0 Å². The molecule has 0 bridgehead atoms. The van der Waals surface area contributed by atoms with Crippen molar-refractivity contribution in [2.75, 3.05) is 0 Å². The lowest BCUT2D eigenvalue weighted by atomic mass is 9.94. The van der Waals surface area contributed by atoms with Crippen LogP contribution < -0.4 is 10.4 Å². The lowest BCUT2D eigenvalue weighted by Crippen LogP contribution is -2.13. The SMILES string of the molecule is N#CC1=c2ccc3c4c(ccc3c2C=C1)=CC=CC4. The average Bonchev–Trinajstić information content (AvgIpc) is 2.90. The Bertz CT molecular complexity index is 934. The number of hydrogen-bond acceptors (Lipinski definition) is 1. The van der Waals surface area contributed by atoms with E-state index in [0.717, 1.165) is 17.2 Å². The van der Waals surface area contributed by atoms with E-state index in [1.165, 1.54) is 27.1 Å². The second-order valence-corrected chi connectivity index (χ2v) is 4.91. The van der Waals surface area contributed by atoms with Crippen LogP contribution in [0.5, 0.6) is 0 Å². The normalized spacial score (nSPS) is 15.0. The second kappa shape index (κ2) is 3.70. The van der Waals surface area contributed by atoms with Crippen LogP contribution in [0.4, 0.5) is 0 Å². The minimum Gasteiger partial charge on any atom is -0.192 e. The summed E-state index contributed by atoms with van der Waals surface area (Å²) in [7, 11) is 0. The summed E-state index contributed by atoms with van der Waals surface area (Å²) in [5, 5.41) is 14.0. The Kier molecular flexibility index (Phi) is 2.01. The molecule has 0 N–H and O–H groups in total. The van der Waals surface area contributed by atoms with Gasteiger partial charge in [-0.3, -0.25) is 0 Å². The van der Waals surface area contributed by atoms with E-state index in [-0.39, 0.29) is 0 Å². The van der Waals surface area contributed by atoms with Crippen LogP contribution >= 0.6 is 0 Å². The molecule has 0 aromatic heterocycles. The molecule has 0 amide bonds. The summed E-state index contributed by atoms with van der Waals surface area (Å²) >= 11 is 0. The van der Waals surface area contributed by atoms with Gasteiger partial charge in [0.25, 0.3) is 0 Å². The molecule has 0 fully saturated rings. The van der Waals surface area contributed by atoms with Crippen molar-refractivity contribution < 1.29 is 0 Å². The van der Waals surface area contributed by atoms with E-state index in [1.807, 2.05) is 6.08 Å². The number of hydrogen-bond donors (Lipinski definition) is 0. The van der Waals surface area contributed by atoms with Gasteiger partial charge in [-0.1, -0.05) is 48.6 Å². The van der Waals surface area contributed by atoms with Gasteiger partial charge in [-0.05, 0) is 39.6 Å². The van der Waals surface area contributed by atoms with Crippen LogP contribution in [-0.2, 0) is 6.42 Å². The summed E-state index contributed by atoms with van der Waals surface area (Å²) in [6.45, 7) is 0. The molecule has 0 spiro atoms. The minimum absolute atomic E-state index is 0.765. The first-order valence-corrected chi connectivity index (χ1v) is 6.42. The standard InChI is InChI=1S/C18H11N/c19-11-13-6-8-16-15(13)9-10-17-14-4-2-1-3-12(14)5-7-18(16)17/h1-3,5-10H,4H2. The molecule has 88 valence electrons. The van der Waals surface area contributed by atoms with E-state index in [2.05, 4.69) is 54.6 Å². The fraction of sp³-hybridized carbons (Fsp3) is 0.0556. The van der Waals surface area contributed by atoms with Crippen LogP contribution in [0.3, 0.4) is 0 Å². The number of allylic oxidation sites excluding steroid dienone is 3. The molecule has 0 aliphatic heterocycles. The van der Waals surface area contributed by atoms with Gasteiger partial charge in [-0.15, -0.1) is 0 Å². The molecule has 2 aromatic rings. The van der Waals surface area contributed by atoms with Gasteiger partial charge in [0.1, 0.15) is 0 Å². The molecule has 0 atom stereocenters. The van der Waals surface area contributed by atoms with Crippen LogP contribution in [0.15, 0.2) is 42.5 Å². The van der Waals surface area contributed by atoms with Crippen molar-refractivity contribution in [3.05, 3.63) is 64.1 Å². The van der Waals surface area contributed by atoms with Crippen molar-refractivity contribution in [3.8, 4) is 6.07 Å². The Morgan fingerprint density at radius 3 is 2.79 bits per heavy atom. The van der Waals surface area contributed by atoms with Gasteiger partial charge in [-0.25, -0.2) is 0 Å². The van der Waals surface area contributed by atoms with Gasteiger partial charge in [0.2, 0.25) is 0 Å². The number of rotatable bonds is 0. The van der Waals surface area contributed by atoms with Crippen LogP contribution in [-0.4, -0.2) is 0 Å². The molecule has 0 saturated carbocycles. The van der Waals surface area contributed by atoms with Gasteiger partial charge in [-0.2, -0.15) is 5.26 Å². The highest BCUT2D eigenvalue weighted by Crippen LogP contribution is 2.23. The van der Waals surface area contributed by atoms with Gasteiger partial charge in [0.15, 0.2) is 0 Å². The predicted octanol–water partition coefficient (Wildman–Crippen LogP) is 2.43. The largest absolute Gasteiger partial charge is 0.192 e. The fourth-order valence-electron chi connectivity index (χ4n) is 3.02. The van der Waals surface area contributed by atoms with E-state index >= 15 is 0 Å². The van der Waals surface area contributed by atoms with Crippen molar-refractivity contribution in [2.45, 2.75) is 6.42 Å². The fourth-order valence-corrected chi connectivity index (χ4v) is 3.02. The Labute approximate surface area is 111 Å². The molecule has 1 heteroatoms. The van der Waals surface area contributed by atoms with Crippen LogP contribution in [0, 0.1) is 11.3 Å². The lowest BCUT2D eigenvalue weighted by molar-refractivity contribution is 1.25. The maximum absolute atomic E-state index is 9.12. The van der Waals surface area contributed by atoms with E-state index in [9.17, 15) is 0 Å². The van der Waals surface area contributed by atoms with Crippen molar-refractivity contribution in [1.29, 1.82) is 5.26 Å². The van der Waals surface area contributed by atoms with Gasteiger partial charge >= 0.3 is 0 Å². The first kappa shape index (κ1) is 10.3. The molecule has 2 aliphatic carbocycles. The minimum atomic E-state index is 0.765. The molecule has 2 aliphatic rings. The van der Waals surface area contributed by atoms with E-state index in [0.29, 0.717) is 0 Å². The van der Waals surface area contributed by atoms with E-state index < -0.39 is 0 Å². The zero-order valence-electron chi connectivity index (χ0n) is 10.4. The molecular weight excluding hydrogens is 230 g/mol. The van der Waals surface area contributed by atoms with Crippen molar-refractivity contribution in [2.24, 2.45) is 0 Å².